The van der Waals surface area contributed by atoms with Gasteiger partial charge in [-0.3, -0.25) is 4.79 Å². The Labute approximate surface area is 180 Å². The zero-order valence-corrected chi connectivity index (χ0v) is 18.0. The lowest BCUT2D eigenvalue weighted by atomic mass is 9.87. The van der Waals surface area contributed by atoms with Crippen LogP contribution in [0.25, 0.3) is 0 Å². The first kappa shape index (κ1) is 23.4. The molecule has 0 radical (unpaired) electrons. The van der Waals surface area contributed by atoms with Gasteiger partial charge in [0.15, 0.2) is 0 Å². The van der Waals surface area contributed by atoms with Gasteiger partial charge < -0.3 is 10.4 Å². The lowest BCUT2D eigenvalue weighted by Crippen LogP contribution is -2.19. The van der Waals surface area contributed by atoms with Crippen molar-refractivity contribution in [3.05, 3.63) is 70.7 Å². The van der Waals surface area contributed by atoms with Crippen molar-refractivity contribution >= 4 is 17.6 Å². The monoisotopic (exact) mass is 415 g/mol. The first-order valence-corrected chi connectivity index (χ1v) is 11.2. The maximum absolute atomic E-state index is 10.4. The van der Waals surface area contributed by atoms with Crippen LogP contribution < -0.4 is 5.32 Å². The number of benzene rings is 2. The predicted molar refractivity (Wildman–Crippen MR) is 122 cm³/mol. The number of halogens is 1. The third kappa shape index (κ3) is 10.5. The molecule has 0 spiro atoms. The third-order valence-corrected chi connectivity index (χ3v) is 5.55. The lowest BCUT2D eigenvalue weighted by molar-refractivity contribution is -0.136. The van der Waals surface area contributed by atoms with Gasteiger partial charge in [-0.1, -0.05) is 86.2 Å². The zero-order chi connectivity index (χ0) is 20.7. The van der Waals surface area contributed by atoms with E-state index >= 15 is 0 Å². The van der Waals surface area contributed by atoms with Crippen molar-refractivity contribution in [1.82, 2.24) is 5.32 Å². The smallest absolute Gasteiger partial charge is 0.304 e. The van der Waals surface area contributed by atoms with Crippen LogP contribution in [-0.2, 0) is 11.2 Å². The molecule has 0 saturated carbocycles. The van der Waals surface area contributed by atoms with Crippen molar-refractivity contribution in [2.24, 2.45) is 0 Å². The van der Waals surface area contributed by atoms with Crippen LogP contribution in [0.2, 0.25) is 5.02 Å². The molecule has 3 nitrogen and oxygen atoms in total. The molecule has 0 fully saturated rings. The Morgan fingerprint density at radius 3 is 2.34 bits per heavy atom. The summed E-state index contributed by atoms with van der Waals surface area (Å²) in [4.78, 5) is 10.4. The summed E-state index contributed by atoms with van der Waals surface area (Å²) in [7, 11) is 0. The SMILES string of the molecule is O=C(O)CCNCCCCCCCCC(Cc1ccccc1)c1cccc(Cl)c1. The van der Waals surface area contributed by atoms with Crippen LogP contribution >= 0.6 is 11.6 Å². The molecular formula is C25H34ClNO2. The normalized spacial score (nSPS) is 12.0. The first-order valence-electron chi connectivity index (χ1n) is 10.9. The molecule has 0 aliphatic carbocycles. The summed E-state index contributed by atoms with van der Waals surface area (Å²) >= 11 is 6.24. The largest absolute Gasteiger partial charge is 0.481 e. The third-order valence-electron chi connectivity index (χ3n) is 5.32. The second-order valence-corrected chi connectivity index (χ2v) is 8.18. The van der Waals surface area contributed by atoms with E-state index in [2.05, 4.69) is 53.8 Å². The number of aliphatic carboxylic acids is 1. The maximum Gasteiger partial charge on any atom is 0.304 e. The molecule has 2 aromatic carbocycles. The maximum atomic E-state index is 10.4. The van der Waals surface area contributed by atoms with Crippen molar-refractivity contribution < 1.29 is 9.90 Å². The van der Waals surface area contributed by atoms with E-state index in [1.54, 1.807) is 0 Å². The fourth-order valence-electron chi connectivity index (χ4n) is 3.71. The van der Waals surface area contributed by atoms with Gasteiger partial charge in [-0.15, -0.1) is 0 Å². The first-order chi connectivity index (χ1) is 14.1. The van der Waals surface area contributed by atoms with Gasteiger partial charge in [-0.05, 0) is 55.0 Å². The number of carboxylic acid groups (broad SMARTS) is 1. The lowest BCUT2D eigenvalue weighted by Gasteiger charge is -2.18. The number of hydrogen-bond acceptors (Lipinski definition) is 2. The van der Waals surface area contributed by atoms with Crippen LogP contribution in [0.15, 0.2) is 54.6 Å². The van der Waals surface area contributed by atoms with E-state index in [-0.39, 0.29) is 6.42 Å². The van der Waals surface area contributed by atoms with Crippen molar-refractivity contribution in [1.29, 1.82) is 0 Å². The quantitative estimate of drug-likeness (QED) is 0.328. The number of rotatable bonds is 15. The Morgan fingerprint density at radius 2 is 1.62 bits per heavy atom. The van der Waals surface area contributed by atoms with Gasteiger partial charge in [-0.25, -0.2) is 0 Å². The highest BCUT2D eigenvalue weighted by Crippen LogP contribution is 2.28. The van der Waals surface area contributed by atoms with Crippen molar-refractivity contribution in [3.8, 4) is 0 Å². The summed E-state index contributed by atoms with van der Waals surface area (Å²) in [6, 6.07) is 19.0. The molecule has 0 amide bonds. The van der Waals surface area contributed by atoms with E-state index in [4.69, 9.17) is 16.7 Å². The molecule has 158 valence electrons. The minimum atomic E-state index is -0.735. The predicted octanol–water partition coefficient (Wildman–Crippen LogP) is 6.46. The molecule has 4 heteroatoms. The Hall–Kier alpha value is -1.84. The summed E-state index contributed by atoms with van der Waals surface area (Å²) in [6.07, 6.45) is 9.80. The van der Waals surface area contributed by atoms with Gasteiger partial charge in [0, 0.05) is 11.6 Å². The highest BCUT2D eigenvalue weighted by molar-refractivity contribution is 6.30. The Morgan fingerprint density at radius 1 is 0.897 bits per heavy atom. The van der Waals surface area contributed by atoms with E-state index in [1.165, 1.54) is 49.7 Å². The average molecular weight is 416 g/mol. The molecule has 2 aromatic rings. The molecular weight excluding hydrogens is 382 g/mol. The van der Waals surface area contributed by atoms with Crippen LogP contribution in [0.5, 0.6) is 0 Å². The number of unbranched alkanes of at least 4 members (excludes halogenated alkanes) is 5. The molecule has 29 heavy (non-hydrogen) atoms. The second-order valence-electron chi connectivity index (χ2n) is 7.75. The molecule has 1 unspecified atom stereocenters. The minimum absolute atomic E-state index is 0.205. The number of carboxylic acids is 1. The molecule has 2 N–H and O–H groups in total. The van der Waals surface area contributed by atoms with Gasteiger partial charge >= 0.3 is 5.97 Å². The molecule has 0 heterocycles. The summed E-state index contributed by atoms with van der Waals surface area (Å²) in [6.45, 7) is 1.49. The molecule has 0 saturated heterocycles. The Kier molecular flexibility index (Phi) is 11.5. The summed E-state index contributed by atoms with van der Waals surface area (Å²) in [5.41, 5.74) is 2.72. The standard InChI is InChI=1S/C25H34ClNO2/c26-24-15-10-14-23(20-24)22(19-21-11-6-5-7-12-21)13-8-3-1-2-4-9-17-27-18-16-25(28)29/h5-7,10-12,14-15,20,22,27H,1-4,8-9,13,16-19H2,(H,28,29). The van der Waals surface area contributed by atoms with E-state index in [0.717, 1.165) is 24.4 Å². The number of hydrogen-bond donors (Lipinski definition) is 2. The summed E-state index contributed by atoms with van der Waals surface area (Å²) in [5.74, 6) is -0.227. The highest BCUT2D eigenvalue weighted by Gasteiger charge is 2.13. The van der Waals surface area contributed by atoms with Crippen molar-refractivity contribution in [2.45, 2.75) is 63.7 Å². The van der Waals surface area contributed by atoms with E-state index in [1.807, 2.05) is 6.07 Å². The second kappa shape index (κ2) is 14.2. The molecule has 2 rings (SSSR count). The number of carbonyl (C=O) groups is 1. The fraction of sp³-hybridized carbons (Fsp3) is 0.480. The average Bonchev–Trinajstić information content (AvgIpc) is 2.71. The number of nitrogens with one attached hydrogen (secondary N) is 1. The highest BCUT2D eigenvalue weighted by atomic mass is 35.5. The molecule has 1 atom stereocenters. The molecule has 0 aromatic heterocycles. The molecule has 0 aliphatic heterocycles. The van der Waals surface area contributed by atoms with Crippen LogP contribution in [0.1, 0.15) is 68.4 Å². The fourth-order valence-corrected chi connectivity index (χ4v) is 3.91. The van der Waals surface area contributed by atoms with E-state index in [9.17, 15) is 4.79 Å². The minimum Gasteiger partial charge on any atom is -0.481 e. The Bertz CT molecular complexity index is 705. The van der Waals surface area contributed by atoms with Gasteiger partial charge in [0.25, 0.3) is 0 Å². The topological polar surface area (TPSA) is 49.3 Å². The van der Waals surface area contributed by atoms with Crippen LogP contribution in [-0.4, -0.2) is 24.2 Å². The van der Waals surface area contributed by atoms with Crippen molar-refractivity contribution in [2.75, 3.05) is 13.1 Å². The molecule has 0 aliphatic rings. The van der Waals surface area contributed by atoms with Gasteiger partial charge in [0.1, 0.15) is 0 Å². The van der Waals surface area contributed by atoms with Gasteiger partial charge in [0.2, 0.25) is 0 Å². The van der Waals surface area contributed by atoms with Gasteiger partial charge in [-0.2, -0.15) is 0 Å². The van der Waals surface area contributed by atoms with Gasteiger partial charge in [0.05, 0.1) is 6.42 Å². The van der Waals surface area contributed by atoms with Crippen LogP contribution in [0, 0.1) is 0 Å². The molecule has 0 bridgehead atoms. The summed E-state index contributed by atoms with van der Waals surface area (Å²) < 4.78 is 0. The zero-order valence-electron chi connectivity index (χ0n) is 17.3. The van der Waals surface area contributed by atoms with E-state index < -0.39 is 5.97 Å². The van der Waals surface area contributed by atoms with E-state index in [0.29, 0.717) is 12.5 Å². The van der Waals surface area contributed by atoms with Crippen molar-refractivity contribution in [3.63, 3.8) is 0 Å². The summed E-state index contributed by atoms with van der Waals surface area (Å²) in [5, 5.41) is 12.6. The van der Waals surface area contributed by atoms with Crippen LogP contribution in [0.4, 0.5) is 0 Å². The van der Waals surface area contributed by atoms with Crippen LogP contribution in [0.3, 0.4) is 0 Å². The Balaban J connectivity index is 1.66.